The van der Waals surface area contributed by atoms with E-state index in [1.54, 1.807) is 13.2 Å². The largest absolute Gasteiger partial charge is 0.493 e. The van der Waals surface area contributed by atoms with E-state index in [1.165, 1.54) is 0 Å². The molecule has 0 fully saturated rings. The van der Waals surface area contributed by atoms with E-state index >= 15 is 0 Å². The van der Waals surface area contributed by atoms with E-state index in [4.69, 9.17) is 26.2 Å². The van der Waals surface area contributed by atoms with Crippen LogP contribution in [0.15, 0.2) is 12.1 Å². The fourth-order valence-electron chi connectivity index (χ4n) is 1.90. The van der Waals surface area contributed by atoms with Crippen LogP contribution >= 0.6 is 11.6 Å². The molecule has 20 heavy (non-hydrogen) atoms. The zero-order chi connectivity index (χ0) is 14.8. The minimum atomic E-state index is 0.266. The van der Waals surface area contributed by atoms with Crippen molar-refractivity contribution in [3.05, 3.63) is 22.7 Å². The molecule has 5 heteroatoms. The first-order valence-electron chi connectivity index (χ1n) is 7.03. The highest BCUT2D eigenvalue weighted by molar-refractivity contribution is 6.31. The lowest BCUT2D eigenvalue weighted by Crippen LogP contribution is -2.15. The van der Waals surface area contributed by atoms with Gasteiger partial charge in [0.05, 0.1) is 13.7 Å². The van der Waals surface area contributed by atoms with Gasteiger partial charge in [-0.25, -0.2) is 0 Å². The van der Waals surface area contributed by atoms with Gasteiger partial charge in [0.15, 0.2) is 11.5 Å². The van der Waals surface area contributed by atoms with Crippen molar-refractivity contribution in [2.75, 3.05) is 26.9 Å². The molecule has 114 valence electrons. The van der Waals surface area contributed by atoms with Crippen molar-refractivity contribution >= 4 is 11.6 Å². The number of unbranched alkanes of at least 4 members (excludes halogenated alkanes) is 2. The quantitative estimate of drug-likeness (QED) is 0.652. The van der Waals surface area contributed by atoms with E-state index in [2.05, 4.69) is 5.32 Å². The average Bonchev–Trinajstić information content (AvgIpc) is 2.45. The number of benzene rings is 1. The second kappa shape index (κ2) is 9.86. The van der Waals surface area contributed by atoms with Crippen LogP contribution in [-0.4, -0.2) is 32.0 Å². The smallest absolute Gasteiger partial charge is 0.162 e. The Hall–Kier alpha value is -0.970. The molecule has 0 saturated carbocycles. The van der Waals surface area contributed by atoms with Crippen molar-refractivity contribution in [1.29, 1.82) is 0 Å². The number of nitrogens with one attached hydrogen (secondary N) is 1. The summed E-state index contributed by atoms with van der Waals surface area (Å²) in [4.78, 5) is 0. The highest BCUT2D eigenvalue weighted by atomic mass is 35.5. The Morgan fingerprint density at radius 2 is 2.00 bits per heavy atom. The number of aliphatic hydroxyl groups excluding tert-OH is 1. The summed E-state index contributed by atoms with van der Waals surface area (Å²) in [6.07, 6.45) is 2.94. The maximum atomic E-state index is 8.70. The van der Waals surface area contributed by atoms with Gasteiger partial charge in [-0.2, -0.15) is 0 Å². The highest BCUT2D eigenvalue weighted by Crippen LogP contribution is 2.33. The van der Waals surface area contributed by atoms with Gasteiger partial charge in [-0.1, -0.05) is 11.6 Å². The lowest BCUT2D eigenvalue weighted by atomic mass is 10.2. The minimum absolute atomic E-state index is 0.266. The van der Waals surface area contributed by atoms with Gasteiger partial charge in [0, 0.05) is 24.2 Å². The Balaban J connectivity index is 2.54. The molecule has 1 aromatic carbocycles. The third kappa shape index (κ3) is 5.57. The number of hydrogen-bond donors (Lipinski definition) is 2. The molecule has 0 aliphatic carbocycles. The number of rotatable bonds is 10. The molecule has 1 rings (SSSR count). The van der Waals surface area contributed by atoms with Crippen LogP contribution in [0, 0.1) is 0 Å². The van der Waals surface area contributed by atoms with Crippen molar-refractivity contribution < 1.29 is 14.6 Å². The Morgan fingerprint density at radius 1 is 1.20 bits per heavy atom. The molecule has 1 aromatic rings. The number of ether oxygens (including phenoxy) is 2. The van der Waals surface area contributed by atoms with E-state index in [0.717, 1.165) is 37.1 Å². The van der Waals surface area contributed by atoms with Gasteiger partial charge in [-0.05, 0) is 44.4 Å². The molecule has 2 N–H and O–H groups in total. The maximum Gasteiger partial charge on any atom is 0.162 e. The third-order valence-electron chi connectivity index (χ3n) is 2.96. The molecule has 0 aromatic heterocycles. The topological polar surface area (TPSA) is 50.7 Å². The summed E-state index contributed by atoms with van der Waals surface area (Å²) < 4.78 is 10.8. The summed E-state index contributed by atoms with van der Waals surface area (Å²) in [5.74, 6) is 1.38. The minimum Gasteiger partial charge on any atom is -0.493 e. The number of halogens is 1. The van der Waals surface area contributed by atoms with Crippen molar-refractivity contribution in [3.63, 3.8) is 0 Å². The first kappa shape index (κ1) is 17.1. The fraction of sp³-hybridized carbons (Fsp3) is 0.600. The lowest BCUT2D eigenvalue weighted by molar-refractivity contribution is 0.283. The first-order valence-corrected chi connectivity index (χ1v) is 7.41. The van der Waals surface area contributed by atoms with Crippen LogP contribution in [0.3, 0.4) is 0 Å². The molecular weight excluding hydrogens is 278 g/mol. The molecule has 0 aliphatic heterocycles. The fourth-order valence-corrected chi connectivity index (χ4v) is 2.12. The van der Waals surface area contributed by atoms with Gasteiger partial charge in [0.1, 0.15) is 0 Å². The van der Waals surface area contributed by atoms with Gasteiger partial charge in [0.25, 0.3) is 0 Å². The standard InChI is InChI=1S/C15H24ClNO3/c1-3-20-15-9-12(13(16)10-14(15)19-2)11-17-7-5-4-6-8-18/h9-10,17-18H,3-8,11H2,1-2H3. The summed E-state index contributed by atoms with van der Waals surface area (Å²) >= 11 is 6.23. The highest BCUT2D eigenvalue weighted by Gasteiger charge is 2.10. The SMILES string of the molecule is CCOc1cc(CNCCCCCO)c(Cl)cc1OC. The zero-order valence-corrected chi connectivity index (χ0v) is 13.0. The van der Waals surface area contributed by atoms with Crippen molar-refractivity contribution in [1.82, 2.24) is 5.32 Å². The molecular formula is C15H24ClNO3. The van der Waals surface area contributed by atoms with Crippen LogP contribution in [0.25, 0.3) is 0 Å². The van der Waals surface area contributed by atoms with Crippen molar-refractivity contribution in [2.45, 2.75) is 32.7 Å². The molecule has 0 bridgehead atoms. The number of aliphatic hydroxyl groups is 1. The molecule has 0 atom stereocenters. The maximum absolute atomic E-state index is 8.70. The number of methoxy groups -OCH3 is 1. The summed E-state index contributed by atoms with van der Waals surface area (Å²) in [6, 6.07) is 3.71. The van der Waals surface area contributed by atoms with Crippen LogP contribution in [0.1, 0.15) is 31.7 Å². The molecule has 0 spiro atoms. The van der Waals surface area contributed by atoms with Crippen LogP contribution in [-0.2, 0) is 6.54 Å². The second-order valence-corrected chi connectivity index (χ2v) is 4.90. The molecule has 0 heterocycles. The normalized spacial score (nSPS) is 10.6. The van der Waals surface area contributed by atoms with Crippen molar-refractivity contribution in [3.8, 4) is 11.5 Å². The van der Waals surface area contributed by atoms with Gasteiger partial charge >= 0.3 is 0 Å². The van der Waals surface area contributed by atoms with Crippen LogP contribution < -0.4 is 14.8 Å². The molecule has 0 saturated heterocycles. The Labute approximate surface area is 126 Å². The average molecular weight is 302 g/mol. The van der Waals surface area contributed by atoms with E-state index in [1.807, 2.05) is 13.0 Å². The van der Waals surface area contributed by atoms with E-state index < -0.39 is 0 Å². The zero-order valence-electron chi connectivity index (χ0n) is 12.2. The van der Waals surface area contributed by atoms with Gasteiger partial charge in [0.2, 0.25) is 0 Å². The lowest BCUT2D eigenvalue weighted by Gasteiger charge is -2.13. The Morgan fingerprint density at radius 3 is 2.65 bits per heavy atom. The summed E-state index contributed by atoms with van der Waals surface area (Å²) in [6.45, 7) is 4.40. The van der Waals surface area contributed by atoms with E-state index in [9.17, 15) is 0 Å². The van der Waals surface area contributed by atoms with Gasteiger partial charge < -0.3 is 19.9 Å². The van der Waals surface area contributed by atoms with Gasteiger partial charge in [-0.3, -0.25) is 0 Å². The van der Waals surface area contributed by atoms with E-state index in [-0.39, 0.29) is 6.61 Å². The molecule has 0 unspecified atom stereocenters. The molecule has 0 radical (unpaired) electrons. The Kier molecular flexibility index (Phi) is 8.42. The second-order valence-electron chi connectivity index (χ2n) is 4.49. The summed E-state index contributed by atoms with van der Waals surface area (Å²) in [7, 11) is 1.60. The summed E-state index contributed by atoms with van der Waals surface area (Å²) in [5.41, 5.74) is 0.998. The molecule has 0 aliphatic rings. The van der Waals surface area contributed by atoms with Crippen LogP contribution in [0.2, 0.25) is 5.02 Å². The molecule has 0 amide bonds. The van der Waals surface area contributed by atoms with Crippen molar-refractivity contribution in [2.24, 2.45) is 0 Å². The predicted octanol–water partition coefficient (Wildman–Crippen LogP) is 3.00. The third-order valence-corrected chi connectivity index (χ3v) is 3.31. The Bertz CT molecular complexity index is 399. The monoisotopic (exact) mass is 301 g/mol. The van der Waals surface area contributed by atoms with Crippen LogP contribution in [0.5, 0.6) is 11.5 Å². The molecule has 4 nitrogen and oxygen atoms in total. The number of hydrogen-bond acceptors (Lipinski definition) is 4. The predicted molar refractivity (Wildman–Crippen MR) is 81.8 cm³/mol. The van der Waals surface area contributed by atoms with Crippen LogP contribution in [0.4, 0.5) is 0 Å². The summed E-state index contributed by atoms with van der Waals surface area (Å²) in [5, 5.41) is 12.7. The first-order chi connectivity index (χ1) is 9.72. The van der Waals surface area contributed by atoms with E-state index in [0.29, 0.717) is 23.9 Å². The van der Waals surface area contributed by atoms with Gasteiger partial charge in [-0.15, -0.1) is 0 Å².